The Morgan fingerprint density at radius 1 is 1.26 bits per heavy atom. The van der Waals surface area contributed by atoms with Crippen molar-refractivity contribution in [1.82, 2.24) is 10.2 Å². The van der Waals surface area contributed by atoms with Gasteiger partial charge >= 0.3 is 6.03 Å². The average molecular weight is 340 g/mol. The van der Waals surface area contributed by atoms with Crippen molar-refractivity contribution in [3.05, 3.63) is 35.9 Å². The fourth-order valence-electron chi connectivity index (χ4n) is 2.71. The second-order valence-corrected chi connectivity index (χ2v) is 7.98. The normalized spacial score (nSPS) is 16.3. The van der Waals surface area contributed by atoms with Gasteiger partial charge in [-0.1, -0.05) is 30.3 Å². The highest BCUT2D eigenvalue weighted by molar-refractivity contribution is 7.91. The highest BCUT2D eigenvalue weighted by Crippen LogP contribution is 2.21. The minimum Gasteiger partial charge on any atom is -0.383 e. The topological polar surface area (TPSA) is 75.7 Å². The number of likely N-dealkylation sites (tertiary alicyclic amines) is 1. The lowest BCUT2D eigenvalue weighted by Crippen LogP contribution is -2.47. The van der Waals surface area contributed by atoms with E-state index in [0.717, 1.165) is 5.56 Å². The number of carbonyl (C=O) groups is 1. The third kappa shape index (κ3) is 5.21. The lowest BCUT2D eigenvalue weighted by Gasteiger charge is -2.31. The van der Waals surface area contributed by atoms with Gasteiger partial charge in [0.1, 0.15) is 0 Å². The number of piperidine rings is 1. The molecular weight excluding hydrogens is 316 g/mol. The van der Waals surface area contributed by atoms with Gasteiger partial charge in [-0.15, -0.1) is 0 Å². The SMILES string of the molecule is COCCNC(=O)N1CCC(S(=O)(=O)Cc2ccccc2)CC1. The van der Waals surface area contributed by atoms with Gasteiger partial charge in [0.15, 0.2) is 9.84 Å². The van der Waals surface area contributed by atoms with Crippen molar-refractivity contribution in [2.45, 2.75) is 23.8 Å². The molecule has 2 rings (SSSR count). The second kappa shape index (κ2) is 8.31. The van der Waals surface area contributed by atoms with Gasteiger partial charge in [-0.2, -0.15) is 0 Å². The molecule has 1 fully saturated rings. The number of hydrogen-bond donors (Lipinski definition) is 1. The number of rotatable bonds is 6. The Hall–Kier alpha value is -1.60. The molecule has 1 aromatic carbocycles. The van der Waals surface area contributed by atoms with Crippen LogP contribution in [-0.4, -0.2) is 57.9 Å². The van der Waals surface area contributed by atoms with E-state index >= 15 is 0 Å². The molecule has 0 unspecified atom stereocenters. The van der Waals surface area contributed by atoms with E-state index in [9.17, 15) is 13.2 Å². The summed E-state index contributed by atoms with van der Waals surface area (Å²) >= 11 is 0. The highest BCUT2D eigenvalue weighted by atomic mass is 32.2. The van der Waals surface area contributed by atoms with Gasteiger partial charge in [0.25, 0.3) is 0 Å². The monoisotopic (exact) mass is 340 g/mol. The van der Waals surface area contributed by atoms with Crippen molar-refractivity contribution in [3.63, 3.8) is 0 Å². The first-order valence-electron chi connectivity index (χ1n) is 7.80. The zero-order valence-electron chi connectivity index (χ0n) is 13.4. The van der Waals surface area contributed by atoms with Crippen LogP contribution in [0.5, 0.6) is 0 Å². The fourth-order valence-corrected chi connectivity index (χ4v) is 4.54. The molecule has 0 aromatic heterocycles. The van der Waals surface area contributed by atoms with Gasteiger partial charge in [-0.25, -0.2) is 13.2 Å². The van der Waals surface area contributed by atoms with Gasteiger partial charge in [0.05, 0.1) is 17.6 Å². The van der Waals surface area contributed by atoms with Crippen LogP contribution in [0.15, 0.2) is 30.3 Å². The van der Waals surface area contributed by atoms with Crippen LogP contribution in [-0.2, 0) is 20.3 Å². The summed E-state index contributed by atoms with van der Waals surface area (Å²) in [6.45, 7) is 1.87. The molecule has 6 nitrogen and oxygen atoms in total. The van der Waals surface area contributed by atoms with Crippen molar-refractivity contribution in [2.24, 2.45) is 0 Å². The van der Waals surface area contributed by atoms with Crippen LogP contribution in [0.2, 0.25) is 0 Å². The van der Waals surface area contributed by atoms with Gasteiger partial charge in [0, 0.05) is 26.7 Å². The maximum Gasteiger partial charge on any atom is 0.317 e. The summed E-state index contributed by atoms with van der Waals surface area (Å²) in [7, 11) is -1.61. The first-order chi connectivity index (χ1) is 11.0. The largest absolute Gasteiger partial charge is 0.383 e. The number of carbonyl (C=O) groups excluding carboxylic acids is 1. The Kier molecular flexibility index (Phi) is 6.41. The van der Waals surface area contributed by atoms with Gasteiger partial charge in [-0.3, -0.25) is 0 Å². The Morgan fingerprint density at radius 2 is 1.91 bits per heavy atom. The fraction of sp³-hybridized carbons (Fsp3) is 0.562. The van der Waals surface area contributed by atoms with Crippen LogP contribution in [0.1, 0.15) is 18.4 Å². The smallest absolute Gasteiger partial charge is 0.317 e. The molecule has 2 amide bonds. The van der Waals surface area contributed by atoms with Crippen molar-refractivity contribution < 1.29 is 17.9 Å². The van der Waals surface area contributed by atoms with E-state index < -0.39 is 9.84 Å². The number of hydrogen-bond acceptors (Lipinski definition) is 4. The average Bonchev–Trinajstić information content (AvgIpc) is 2.55. The van der Waals surface area contributed by atoms with Crippen LogP contribution in [0.3, 0.4) is 0 Å². The summed E-state index contributed by atoms with van der Waals surface area (Å²) in [5.74, 6) is 0.0680. The summed E-state index contributed by atoms with van der Waals surface area (Å²) < 4.78 is 29.9. The van der Waals surface area contributed by atoms with Crippen LogP contribution >= 0.6 is 0 Å². The van der Waals surface area contributed by atoms with E-state index in [2.05, 4.69) is 5.32 Å². The van der Waals surface area contributed by atoms with Crippen molar-refractivity contribution in [2.75, 3.05) is 33.4 Å². The van der Waals surface area contributed by atoms with E-state index in [1.165, 1.54) is 0 Å². The van der Waals surface area contributed by atoms with E-state index in [-0.39, 0.29) is 17.0 Å². The molecule has 1 aromatic rings. The molecule has 0 saturated carbocycles. The summed E-state index contributed by atoms with van der Waals surface area (Å²) in [6, 6.07) is 9.07. The number of ether oxygens (including phenoxy) is 1. The maximum absolute atomic E-state index is 12.5. The summed E-state index contributed by atoms with van der Waals surface area (Å²) in [5.41, 5.74) is 0.812. The Balaban J connectivity index is 1.84. The zero-order valence-corrected chi connectivity index (χ0v) is 14.2. The lowest BCUT2D eigenvalue weighted by atomic mass is 10.1. The molecule has 0 aliphatic carbocycles. The van der Waals surface area contributed by atoms with Crippen LogP contribution < -0.4 is 5.32 Å². The third-order valence-corrected chi connectivity index (χ3v) is 6.25. The number of methoxy groups -OCH3 is 1. The molecule has 1 saturated heterocycles. The number of nitrogens with one attached hydrogen (secondary N) is 1. The van der Waals surface area contributed by atoms with E-state index in [1.54, 1.807) is 12.0 Å². The molecule has 0 bridgehead atoms. The summed E-state index contributed by atoms with van der Waals surface area (Å²) in [5, 5.41) is 2.39. The first kappa shape index (κ1) is 17.7. The summed E-state index contributed by atoms with van der Waals surface area (Å²) in [4.78, 5) is 13.6. The van der Waals surface area contributed by atoms with Crippen molar-refractivity contribution in [3.8, 4) is 0 Å². The van der Waals surface area contributed by atoms with Crippen molar-refractivity contribution in [1.29, 1.82) is 0 Å². The number of nitrogens with zero attached hydrogens (tertiary/aromatic N) is 1. The molecule has 1 aliphatic heterocycles. The highest BCUT2D eigenvalue weighted by Gasteiger charge is 2.31. The van der Waals surface area contributed by atoms with Crippen LogP contribution in [0.4, 0.5) is 4.79 Å². The first-order valence-corrected chi connectivity index (χ1v) is 9.51. The van der Waals surface area contributed by atoms with E-state index in [0.29, 0.717) is 39.1 Å². The molecule has 7 heteroatoms. The Labute approximate surface area is 137 Å². The predicted octanol–water partition coefficient (Wildman–Crippen LogP) is 1.42. The number of sulfone groups is 1. The van der Waals surface area contributed by atoms with Crippen LogP contribution in [0.25, 0.3) is 0 Å². The quantitative estimate of drug-likeness (QED) is 0.795. The molecule has 23 heavy (non-hydrogen) atoms. The molecule has 0 spiro atoms. The maximum atomic E-state index is 12.5. The zero-order chi connectivity index (χ0) is 16.7. The number of urea groups is 1. The van der Waals surface area contributed by atoms with E-state index in [1.807, 2.05) is 30.3 Å². The van der Waals surface area contributed by atoms with Crippen LogP contribution in [0, 0.1) is 0 Å². The standard InChI is InChI=1S/C16H24N2O4S/c1-22-12-9-17-16(19)18-10-7-15(8-11-18)23(20,21)13-14-5-3-2-4-6-14/h2-6,15H,7-13H2,1H3,(H,17,19). The molecule has 1 heterocycles. The number of amides is 2. The predicted molar refractivity (Wildman–Crippen MR) is 88.9 cm³/mol. The Bertz CT molecular complexity index is 596. The minimum absolute atomic E-state index is 0.0680. The summed E-state index contributed by atoms with van der Waals surface area (Å²) in [6.07, 6.45) is 0.986. The molecule has 0 atom stereocenters. The molecular formula is C16H24N2O4S. The van der Waals surface area contributed by atoms with Gasteiger partial charge in [0.2, 0.25) is 0 Å². The number of benzene rings is 1. The van der Waals surface area contributed by atoms with Gasteiger partial charge in [-0.05, 0) is 18.4 Å². The molecule has 0 radical (unpaired) electrons. The minimum atomic E-state index is -3.18. The lowest BCUT2D eigenvalue weighted by molar-refractivity contribution is 0.173. The molecule has 1 N–H and O–H groups in total. The molecule has 128 valence electrons. The molecule has 1 aliphatic rings. The second-order valence-electron chi connectivity index (χ2n) is 5.70. The van der Waals surface area contributed by atoms with E-state index in [4.69, 9.17) is 4.74 Å². The third-order valence-electron chi connectivity index (χ3n) is 4.03. The van der Waals surface area contributed by atoms with Gasteiger partial charge < -0.3 is 15.0 Å². The van der Waals surface area contributed by atoms with Crippen molar-refractivity contribution >= 4 is 15.9 Å². The Morgan fingerprint density at radius 3 is 2.52 bits per heavy atom.